The lowest BCUT2D eigenvalue weighted by Crippen LogP contribution is -2.39. The molecule has 1 unspecified atom stereocenters. The Morgan fingerprint density at radius 1 is 1.29 bits per heavy atom. The molecule has 1 fully saturated rings. The molecule has 0 spiro atoms. The van der Waals surface area contributed by atoms with E-state index in [2.05, 4.69) is 42.7 Å². The SMILES string of the molecule is CC1(C)CCC(NC(=O)CC2CNc3ccccc32)CC1. The molecule has 1 aromatic carbocycles. The predicted molar refractivity (Wildman–Crippen MR) is 86.5 cm³/mol. The third kappa shape index (κ3) is 3.39. The van der Waals surface area contributed by atoms with Crippen LogP contribution in [0.5, 0.6) is 0 Å². The zero-order chi connectivity index (χ0) is 14.9. The zero-order valence-electron chi connectivity index (χ0n) is 13.1. The van der Waals surface area contributed by atoms with Gasteiger partial charge in [0.1, 0.15) is 0 Å². The van der Waals surface area contributed by atoms with Crippen LogP contribution in [0, 0.1) is 5.41 Å². The molecule has 3 rings (SSSR count). The van der Waals surface area contributed by atoms with E-state index in [9.17, 15) is 4.79 Å². The van der Waals surface area contributed by atoms with Crippen molar-refractivity contribution >= 4 is 11.6 Å². The summed E-state index contributed by atoms with van der Waals surface area (Å²) in [6.07, 6.45) is 5.28. The minimum atomic E-state index is 0.211. The van der Waals surface area contributed by atoms with Crippen LogP contribution < -0.4 is 10.6 Å². The van der Waals surface area contributed by atoms with Crippen LogP contribution in [0.25, 0.3) is 0 Å². The molecule has 1 aromatic rings. The summed E-state index contributed by atoms with van der Waals surface area (Å²) in [6.45, 7) is 5.53. The van der Waals surface area contributed by atoms with Gasteiger partial charge in [0.2, 0.25) is 5.91 Å². The van der Waals surface area contributed by atoms with Crippen LogP contribution in [0.2, 0.25) is 0 Å². The van der Waals surface area contributed by atoms with Crippen molar-refractivity contribution < 1.29 is 4.79 Å². The van der Waals surface area contributed by atoms with Crippen molar-refractivity contribution in [2.24, 2.45) is 5.41 Å². The lowest BCUT2D eigenvalue weighted by atomic mass is 9.75. The molecule has 1 atom stereocenters. The number of para-hydroxylation sites is 1. The third-order valence-corrected chi connectivity index (χ3v) is 5.08. The maximum Gasteiger partial charge on any atom is 0.220 e. The fraction of sp³-hybridized carbons (Fsp3) is 0.611. The summed E-state index contributed by atoms with van der Waals surface area (Å²) >= 11 is 0. The summed E-state index contributed by atoms with van der Waals surface area (Å²) in [7, 11) is 0. The van der Waals surface area contributed by atoms with Crippen LogP contribution in [-0.2, 0) is 4.79 Å². The maximum atomic E-state index is 12.3. The monoisotopic (exact) mass is 286 g/mol. The summed E-state index contributed by atoms with van der Waals surface area (Å²) in [4.78, 5) is 12.3. The first-order chi connectivity index (χ1) is 10.0. The van der Waals surface area contributed by atoms with E-state index in [1.54, 1.807) is 0 Å². The quantitative estimate of drug-likeness (QED) is 0.890. The lowest BCUT2D eigenvalue weighted by molar-refractivity contribution is -0.122. The van der Waals surface area contributed by atoms with Gasteiger partial charge >= 0.3 is 0 Å². The molecule has 3 nitrogen and oxygen atoms in total. The van der Waals surface area contributed by atoms with E-state index < -0.39 is 0 Å². The minimum absolute atomic E-state index is 0.211. The summed E-state index contributed by atoms with van der Waals surface area (Å²) in [5, 5.41) is 6.64. The van der Waals surface area contributed by atoms with E-state index in [-0.39, 0.29) is 5.91 Å². The number of carbonyl (C=O) groups excluding carboxylic acids is 1. The van der Waals surface area contributed by atoms with Gasteiger partial charge in [-0.05, 0) is 42.7 Å². The lowest BCUT2D eigenvalue weighted by Gasteiger charge is -2.34. The van der Waals surface area contributed by atoms with Crippen LogP contribution in [0.15, 0.2) is 24.3 Å². The Labute approximate surface area is 127 Å². The van der Waals surface area contributed by atoms with Crippen molar-refractivity contribution in [2.75, 3.05) is 11.9 Å². The molecule has 1 amide bonds. The van der Waals surface area contributed by atoms with Crippen molar-refractivity contribution in [1.82, 2.24) is 5.32 Å². The largest absolute Gasteiger partial charge is 0.384 e. The molecule has 1 saturated carbocycles. The second-order valence-electron chi connectivity index (χ2n) is 7.38. The third-order valence-electron chi connectivity index (χ3n) is 5.08. The van der Waals surface area contributed by atoms with E-state index in [0.717, 1.165) is 19.4 Å². The van der Waals surface area contributed by atoms with Crippen LogP contribution in [0.1, 0.15) is 57.4 Å². The topological polar surface area (TPSA) is 41.1 Å². The smallest absolute Gasteiger partial charge is 0.220 e. The first-order valence-electron chi connectivity index (χ1n) is 8.16. The van der Waals surface area contributed by atoms with Crippen LogP contribution in [0.3, 0.4) is 0 Å². The summed E-state index contributed by atoms with van der Waals surface area (Å²) < 4.78 is 0. The van der Waals surface area contributed by atoms with Crippen molar-refractivity contribution in [2.45, 2.75) is 57.9 Å². The molecule has 21 heavy (non-hydrogen) atoms. The van der Waals surface area contributed by atoms with Crippen LogP contribution in [-0.4, -0.2) is 18.5 Å². The van der Waals surface area contributed by atoms with E-state index in [1.807, 2.05) is 6.07 Å². The average molecular weight is 286 g/mol. The van der Waals surface area contributed by atoms with Gasteiger partial charge in [0, 0.05) is 30.6 Å². The van der Waals surface area contributed by atoms with E-state index >= 15 is 0 Å². The number of nitrogens with one attached hydrogen (secondary N) is 2. The van der Waals surface area contributed by atoms with Gasteiger partial charge in [0.15, 0.2) is 0 Å². The van der Waals surface area contributed by atoms with E-state index in [0.29, 0.717) is 23.8 Å². The molecule has 0 saturated heterocycles. The van der Waals surface area contributed by atoms with E-state index in [1.165, 1.54) is 24.1 Å². The molecule has 2 aliphatic rings. The number of amides is 1. The molecule has 114 valence electrons. The number of anilines is 1. The molecule has 0 aromatic heterocycles. The van der Waals surface area contributed by atoms with Gasteiger partial charge in [-0.1, -0.05) is 32.0 Å². The Hall–Kier alpha value is -1.51. The second kappa shape index (κ2) is 5.70. The number of fused-ring (bicyclic) bond motifs is 1. The fourth-order valence-corrected chi connectivity index (χ4v) is 3.59. The fourth-order valence-electron chi connectivity index (χ4n) is 3.59. The van der Waals surface area contributed by atoms with Crippen LogP contribution >= 0.6 is 0 Å². The Kier molecular flexibility index (Phi) is 3.92. The molecule has 1 aliphatic heterocycles. The Morgan fingerprint density at radius 2 is 2.00 bits per heavy atom. The molecular formula is C18H26N2O. The number of carbonyl (C=O) groups is 1. The maximum absolute atomic E-state index is 12.3. The first kappa shape index (κ1) is 14.4. The molecule has 3 heteroatoms. The zero-order valence-corrected chi connectivity index (χ0v) is 13.1. The summed E-state index contributed by atoms with van der Waals surface area (Å²) in [6, 6.07) is 8.71. The normalized spacial score (nSPS) is 24.2. The molecule has 0 radical (unpaired) electrons. The Morgan fingerprint density at radius 3 is 2.76 bits per heavy atom. The summed E-state index contributed by atoms with van der Waals surface area (Å²) in [5.41, 5.74) is 2.93. The second-order valence-corrected chi connectivity index (χ2v) is 7.38. The highest BCUT2D eigenvalue weighted by Gasteiger charge is 2.29. The van der Waals surface area contributed by atoms with Crippen molar-refractivity contribution in [3.8, 4) is 0 Å². The molecule has 0 bridgehead atoms. The minimum Gasteiger partial charge on any atom is -0.384 e. The van der Waals surface area contributed by atoms with Gasteiger partial charge in [-0.2, -0.15) is 0 Å². The van der Waals surface area contributed by atoms with Gasteiger partial charge in [-0.25, -0.2) is 0 Å². The van der Waals surface area contributed by atoms with Crippen molar-refractivity contribution in [3.63, 3.8) is 0 Å². The van der Waals surface area contributed by atoms with Gasteiger partial charge < -0.3 is 10.6 Å². The van der Waals surface area contributed by atoms with Crippen LogP contribution in [0.4, 0.5) is 5.69 Å². The standard InChI is InChI=1S/C18H26N2O/c1-18(2)9-7-14(8-10-18)20-17(21)11-13-12-19-16-6-4-3-5-15(13)16/h3-6,13-14,19H,7-12H2,1-2H3,(H,20,21). The Bertz CT molecular complexity index is 514. The van der Waals surface area contributed by atoms with Gasteiger partial charge in [0.05, 0.1) is 0 Å². The number of hydrogen-bond donors (Lipinski definition) is 2. The van der Waals surface area contributed by atoms with Gasteiger partial charge in [-0.3, -0.25) is 4.79 Å². The highest BCUT2D eigenvalue weighted by molar-refractivity contribution is 5.78. The molecular weight excluding hydrogens is 260 g/mol. The molecule has 1 aliphatic carbocycles. The average Bonchev–Trinajstić information content (AvgIpc) is 2.85. The molecule has 2 N–H and O–H groups in total. The Balaban J connectivity index is 1.52. The van der Waals surface area contributed by atoms with Gasteiger partial charge in [0.25, 0.3) is 0 Å². The van der Waals surface area contributed by atoms with Crippen molar-refractivity contribution in [3.05, 3.63) is 29.8 Å². The predicted octanol–water partition coefficient (Wildman–Crippen LogP) is 3.67. The highest BCUT2D eigenvalue weighted by atomic mass is 16.1. The van der Waals surface area contributed by atoms with E-state index in [4.69, 9.17) is 0 Å². The number of rotatable bonds is 3. The number of hydrogen-bond acceptors (Lipinski definition) is 2. The first-order valence-corrected chi connectivity index (χ1v) is 8.16. The van der Waals surface area contributed by atoms with Gasteiger partial charge in [-0.15, -0.1) is 0 Å². The van der Waals surface area contributed by atoms with Crippen molar-refractivity contribution in [1.29, 1.82) is 0 Å². The molecule has 1 heterocycles. The highest BCUT2D eigenvalue weighted by Crippen LogP contribution is 2.36. The number of benzene rings is 1. The summed E-state index contributed by atoms with van der Waals surface area (Å²) in [5.74, 6) is 0.532.